The molecule has 2 aromatic heterocycles. The molecule has 0 atom stereocenters. The molecule has 0 bridgehead atoms. The highest BCUT2D eigenvalue weighted by Crippen LogP contribution is 2.29. The number of sulfonamides is 1. The lowest BCUT2D eigenvalue weighted by Gasteiger charge is -2.13. The van der Waals surface area contributed by atoms with Gasteiger partial charge in [0, 0.05) is 28.7 Å². The zero-order chi connectivity index (χ0) is 22.1. The number of benzene rings is 1. The second kappa shape index (κ2) is 8.48. The summed E-state index contributed by atoms with van der Waals surface area (Å²) < 4.78 is 32.1. The SMILES string of the molecule is COc1cc(NC(=O)Cc2c(C)nc3nc(SC)nn3c2C)ccc1NS(C)(=O)=O. The van der Waals surface area contributed by atoms with Crippen molar-refractivity contribution in [3.63, 3.8) is 0 Å². The summed E-state index contributed by atoms with van der Waals surface area (Å²) in [6, 6.07) is 4.67. The van der Waals surface area contributed by atoms with Gasteiger partial charge in [-0.15, -0.1) is 5.10 Å². The van der Waals surface area contributed by atoms with Gasteiger partial charge in [-0.25, -0.2) is 17.9 Å². The Kier molecular flexibility index (Phi) is 6.17. The van der Waals surface area contributed by atoms with Crippen LogP contribution in [0.15, 0.2) is 23.4 Å². The Labute approximate surface area is 178 Å². The number of ether oxygens (including phenoxy) is 1. The third kappa shape index (κ3) is 4.82. The first-order valence-corrected chi connectivity index (χ1v) is 12.0. The van der Waals surface area contributed by atoms with Gasteiger partial charge in [-0.2, -0.15) is 4.98 Å². The molecule has 160 valence electrons. The molecular formula is C18H22N6O4S2. The van der Waals surface area contributed by atoms with Crippen molar-refractivity contribution in [2.75, 3.05) is 29.7 Å². The Morgan fingerprint density at radius 1 is 1.27 bits per heavy atom. The van der Waals surface area contributed by atoms with E-state index in [-0.39, 0.29) is 18.0 Å². The lowest BCUT2D eigenvalue weighted by atomic mass is 10.1. The van der Waals surface area contributed by atoms with Crippen molar-refractivity contribution in [1.29, 1.82) is 0 Å². The molecule has 0 aliphatic heterocycles. The second-order valence-corrected chi connectivity index (χ2v) is 9.11. The minimum atomic E-state index is -3.45. The van der Waals surface area contributed by atoms with Crippen LogP contribution in [0.3, 0.4) is 0 Å². The number of carbonyl (C=O) groups is 1. The van der Waals surface area contributed by atoms with Crippen LogP contribution in [-0.4, -0.2) is 53.5 Å². The Morgan fingerprint density at radius 2 is 2.00 bits per heavy atom. The van der Waals surface area contributed by atoms with Crippen LogP contribution in [0.4, 0.5) is 11.4 Å². The van der Waals surface area contributed by atoms with E-state index in [1.165, 1.54) is 24.9 Å². The van der Waals surface area contributed by atoms with Crippen LogP contribution in [0.5, 0.6) is 5.75 Å². The lowest BCUT2D eigenvalue weighted by Crippen LogP contribution is -2.18. The highest BCUT2D eigenvalue weighted by atomic mass is 32.2. The predicted octanol–water partition coefficient (Wildman–Crippen LogP) is 2.02. The second-order valence-electron chi connectivity index (χ2n) is 6.59. The summed E-state index contributed by atoms with van der Waals surface area (Å²) in [5.41, 5.74) is 3.03. The zero-order valence-corrected chi connectivity index (χ0v) is 18.8. The molecule has 1 amide bonds. The molecular weight excluding hydrogens is 428 g/mol. The number of nitrogens with one attached hydrogen (secondary N) is 2. The third-order valence-electron chi connectivity index (χ3n) is 4.33. The molecule has 10 nitrogen and oxygen atoms in total. The zero-order valence-electron chi connectivity index (χ0n) is 17.2. The molecule has 3 aromatic rings. The van der Waals surface area contributed by atoms with E-state index in [4.69, 9.17) is 4.74 Å². The number of aromatic nitrogens is 4. The van der Waals surface area contributed by atoms with Gasteiger partial charge in [-0.3, -0.25) is 9.52 Å². The quantitative estimate of drug-likeness (QED) is 0.523. The molecule has 2 heterocycles. The Morgan fingerprint density at radius 3 is 2.63 bits per heavy atom. The number of hydrogen-bond donors (Lipinski definition) is 2. The van der Waals surface area contributed by atoms with Crippen LogP contribution in [0.2, 0.25) is 0 Å². The molecule has 0 unspecified atom stereocenters. The number of aryl methyl sites for hydroxylation is 2. The maximum atomic E-state index is 12.7. The third-order valence-corrected chi connectivity index (χ3v) is 5.46. The minimum Gasteiger partial charge on any atom is -0.494 e. The monoisotopic (exact) mass is 450 g/mol. The minimum absolute atomic E-state index is 0.0979. The molecule has 12 heteroatoms. The van der Waals surface area contributed by atoms with E-state index < -0.39 is 10.0 Å². The molecule has 2 N–H and O–H groups in total. The van der Waals surface area contributed by atoms with Crippen LogP contribution in [0, 0.1) is 13.8 Å². The number of anilines is 2. The van der Waals surface area contributed by atoms with E-state index in [2.05, 4.69) is 25.1 Å². The van der Waals surface area contributed by atoms with E-state index in [1.807, 2.05) is 20.1 Å². The Bertz CT molecular complexity index is 1220. The van der Waals surface area contributed by atoms with Crippen LogP contribution < -0.4 is 14.8 Å². The number of rotatable bonds is 7. The van der Waals surface area contributed by atoms with Gasteiger partial charge in [-0.1, -0.05) is 11.8 Å². The molecule has 3 rings (SSSR count). The van der Waals surface area contributed by atoms with Gasteiger partial charge < -0.3 is 10.1 Å². The van der Waals surface area contributed by atoms with Gasteiger partial charge in [0.25, 0.3) is 5.78 Å². The Balaban J connectivity index is 1.82. The van der Waals surface area contributed by atoms with Crippen molar-refractivity contribution in [1.82, 2.24) is 19.6 Å². The number of methoxy groups -OCH3 is 1. The highest BCUT2D eigenvalue weighted by Gasteiger charge is 2.17. The van der Waals surface area contributed by atoms with E-state index in [0.29, 0.717) is 28.1 Å². The topological polar surface area (TPSA) is 128 Å². The molecule has 0 saturated carbocycles. The van der Waals surface area contributed by atoms with Crippen LogP contribution in [0.1, 0.15) is 17.0 Å². The van der Waals surface area contributed by atoms with E-state index in [0.717, 1.165) is 17.5 Å². The van der Waals surface area contributed by atoms with Crippen molar-refractivity contribution >= 4 is 44.8 Å². The summed E-state index contributed by atoms with van der Waals surface area (Å²) in [5, 5.41) is 7.80. The van der Waals surface area contributed by atoms with Crippen LogP contribution in [0.25, 0.3) is 5.78 Å². The van der Waals surface area contributed by atoms with Gasteiger partial charge in [-0.05, 0) is 32.2 Å². The number of amides is 1. The first kappa shape index (κ1) is 21.8. The predicted molar refractivity (Wildman–Crippen MR) is 116 cm³/mol. The number of nitrogens with zero attached hydrogens (tertiary/aromatic N) is 4. The average molecular weight is 451 g/mol. The summed E-state index contributed by atoms with van der Waals surface area (Å²) in [6.07, 6.45) is 3.03. The fraction of sp³-hybridized carbons (Fsp3) is 0.333. The lowest BCUT2D eigenvalue weighted by molar-refractivity contribution is -0.115. The number of thioether (sulfide) groups is 1. The van der Waals surface area contributed by atoms with Gasteiger partial charge >= 0.3 is 0 Å². The van der Waals surface area contributed by atoms with Gasteiger partial charge in [0.15, 0.2) is 0 Å². The molecule has 0 saturated heterocycles. The summed E-state index contributed by atoms with van der Waals surface area (Å²) in [5.74, 6) is 0.538. The largest absolute Gasteiger partial charge is 0.494 e. The normalized spacial score (nSPS) is 11.5. The summed E-state index contributed by atoms with van der Waals surface area (Å²) in [7, 11) is -2.03. The van der Waals surface area contributed by atoms with Crippen LogP contribution >= 0.6 is 11.8 Å². The van der Waals surface area contributed by atoms with E-state index in [9.17, 15) is 13.2 Å². The van der Waals surface area contributed by atoms with Crippen molar-refractivity contribution in [3.05, 3.63) is 35.2 Å². The van der Waals surface area contributed by atoms with Gasteiger partial charge in [0.05, 0.1) is 25.5 Å². The highest BCUT2D eigenvalue weighted by molar-refractivity contribution is 7.98. The molecule has 0 radical (unpaired) electrons. The molecule has 0 spiro atoms. The maximum absolute atomic E-state index is 12.7. The number of fused-ring (bicyclic) bond motifs is 1. The molecule has 30 heavy (non-hydrogen) atoms. The molecule has 0 aliphatic carbocycles. The maximum Gasteiger partial charge on any atom is 0.253 e. The van der Waals surface area contributed by atoms with Crippen molar-refractivity contribution in [3.8, 4) is 5.75 Å². The standard InChI is InChI=1S/C18H22N6O4S2/c1-10-13(11(2)24-17(19-10)21-18(22-24)29-4)9-16(25)20-12-6-7-14(15(8-12)28-3)23-30(5,26)27/h6-8,23H,9H2,1-5H3,(H,20,25). The average Bonchev–Trinajstić information content (AvgIpc) is 3.08. The van der Waals surface area contributed by atoms with Crippen molar-refractivity contribution in [2.45, 2.75) is 25.4 Å². The summed E-state index contributed by atoms with van der Waals surface area (Å²) in [4.78, 5) is 21.4. The van der Waals surface area contributed by atoms with Gasteiger partial charge in [0.2, 0.25) is 21.1 Å². The van der Waals surface area contributed by atoms with Crippen LogP contribution in [-0.2, 0) is 21.2 Å². The molecule has 1 aromatic carbocycles. The number of hydrogen-bond acceptors (Lipinski definition) is 8. The summed E-state index contributed by atoms with van der Waals surface area (Å²) >= 11 is 1.42. The van der Waals surface area contributed by atoms with Gasteiger partial charge in [0.1, 0.15) is 5.75 Å². The molecule has 0 fully saturated rings. The Hall–Kier alpha value is -2.86. The fourth-order valence-corrected chi connectivity index (χ4v) is 3.86. The first-order valence-electron chi connectivity index (χ1n) is 8.83. The molecule has 0 aliphatic rings. The van der Waals surface area contributed by atoms with Crippen molar-refractivity contribution in [2.24, 2.45) is 0 Å². The smallest absolute Gasteiger partial charge is 0.253 e. The number of carbonyl (C=O) groups excluding carboxylic acids is 1. The first-order chi connectivity index (χ1) is 14.1. The summed E-state index contributed by atoms with van der Waals surface area (Å²) in [6.45, 7) is 3.70. The van der Waals surface area contributed by atoms with E-state index >= 15 is 0 Å². The van der Waals surface area contributed by atoms with Crippen molar-refractivity contribution < 1.29 is 17.9 Å². The fourth-order valence-electron chi connectivity index (χ4n) is 2.95. The van der Waals surface area contributed by atoms with E-state index in [1.54, 1.807) is 16.6 Å².